The van der Waals surface area contributed by atoms with Gasteiger partial charge in [-0.05, 0) is 23.3 Å². The highest BCUT2D eigenvalue weighted by Gasteiger charge is 2.15. The summed E-state index contributed by atoms with van der Waals surface area (Å²) in [5.74, 6) is -2.66. The molecule has 0 amide bonds. The summed E-state index contributed by atoms with van der Waals surface area (Å²) in [5, 5.41) is 26.4. The molecule has 0 radical (unpaired) electrons. The summed E-state index contributed by atoms with van der Waals surface area (Å²) >= 11 is 0. The van der Waals surface area contributed by atoms with E-state index in [2.05, 4.69) is 15.3 Å². The average Bonchev–Trinajstić information content (AvgIpc) is 3.24. The molecular weight excluding hydrogens is 372 g/mol. The Labute approximate surface area is 164 Å². The number of aromatic nitrogens is 4. The van der Waals surface area contributed by atoms with E-state index >= 15 is 0 Å². The average molecular weight is 386 g/mol. The molecule has 2 N–H and O–H groups in total. The van der Waals surface area contributed by atoms with Crippen molar-refractivity contribution in [1.82, 2.24) is 20.0 Å². The first kappa shape index (κ1) is 18.1. The third-order valence-electron chi connectivity index (χ3n) is 4.29. The number of aromatic carboxylic acids is 2. The number of hydrogen-bond acceptors (Lipinski definition) is 5. The first-order valence-electron chi connectivity index (χ1n) is 8.58. The molecular formula is C21H14N4O4. The zero-order valence-corrected chi connectivity index (χ0v) is 14.9. The van der Waals surface area contributed by atoms with Crippen LogP contribution in [0.5, 0.6) is 0 Å². The van der Waals surface area contributed by atoms with Gasteiger partial charge in [-0.15, -0.1) is 5.10 Å². The molecule has 8 heteroatoms. The molecule has 0 aliphatic rings. The van der Waals surface area contributed by atoms with Gasteiger partial charge in [-0.25, -0.2) is 19.3 Å². The molecule has 0 aliphatic heterocycles. The molecule has 2 aromatic heterocycles. The summed E-state index contributed by atoms with van der Waals surface area (Å²) in [6.07, 6.45) is 1.60. The van der Waals surface area contributed by atoms with Crippen molar-refractivity contribution < 1.29 is 19.8 Å². The van der Waals surface area contributed by atoms with Crippen LogP contribution in [0, 0.1) is 0 Å². The van der Waals surface area contributed by atoms with Crippen molar-refractivity contribution in [3.05, 3.63) is 84.3 Å². The summed E-state index contributed by atoms with van der Waals surface area (Å²) in [7, 11) is 0. The van der Waals surface area contributed by atoms with Crippen molar-refractivity contribution in [3.8, 4) is 28.1 Å². The van der Waals surface area contributed by atoms with Gasteiger partial charge in [0.05, 0.1) is 11.9 Å². The second-order valence-corrected chi connectivity index (χ2v) is 6.20. The summed E-state index contributed by atoms with van der Waals surface area (Å²) in [6.45, 7) is 0. The Morgan fingerprint density at radius 1 is 0.759 bits per heavy atom. The summed E-state index contributed by atoms with van der Waals surface area (Å²) in [6, 6.07) is 20.2. The van der Waals surface area contributed by atoms with E-state index in [0.717, 1.165) is 16.7 Å². The molecule has 0 unspecified atom stereocenters. The smallest absolute Gasteiger partial charge is 0.354 e. The van der Waals surface area contributed by atoms with E-state index in [-0.39, 0.29) is 17.1 Å². The summed E-state index contributed by atoms with van der Waals surface area (Å²) in [4.78, 5) is 26.1. The quantitative estimate of drug-likeness (QED) is 0.540. The number of carbonyl (C=O) groups is 2. The van der Waals surface area contributed by atoms with Crippen LogP contribution in [0.1, 0.15) is 21.0 Å². The zero-order valence-electron chi connectivity index (χ0n) is 14.9. The Hall–Kier alpha value is -4.33. The third kappa shape index (κ3) is 3.72. The van der Waals surface area contributed by atoms with Crippen LogP contribution in [0.3, 0.4) is 0 Å². The molecule has 0 saturated heterocycles. The van der Waals surface area contributed by atoms with Crippen LogP contribution in [-0.4, -0.2) is 42.1 Å². The van der Waals surface area contributed by atoms with E-state index in [1.807, 2.05) is 54.6 Å². The van der Waals surface area contributed by atoms with Gasteiger partial charge in [-0.2, -0.15) is 0 Å². The Balaban J connectivity index is 1.67. The van der Waals surface area contributed by atoms with Crippen LogP contribution in [0.2, 0.25) is 0 Å². The van der Waals surface area contributed by atoms with E-state index in [0.29, 0.717) is 5.69 Å². The maximum atomic E-state index is 11.2. The van der Waals surface area contributed by atoms with Crippen LogP contribution in [0.15, 0.2) is 72.9 Å². The Kier molecular flexibility index (Phi) is 4.58. The van der Waals surface area contributed by atoms with Crippen LogP contribution < -0.4 is 0 Å². The van der Waals surface area contributed by atoms with Crippen LogP contribution in [0.4, 0.5) is 0 Å². The van der Waals surface area contributed by atoms with Gasteiger partial charge in [0.25, 0.3) is 0 Å². The van der Waals surface area contributed by atoms with E-state index in [9.17, 15) is 9.59 Å². The monoisotopic (exact) mass is 386 g/mol. The van der Waals surface area contributed by atoms with E-state index in [1.54, 1.807) is 6.20 Å². The third-order valence-corrected chi connectivity index (χ3v) is 4.29. The molecule has 0 fully saturated rings. The SMILES string of the molecule is O=C(O)c1cc(-n2cc(-c3ccc(-c4ccccc4)cc3)nn2)cc(C(=O)O)n1. The lowest BCUT2D eigenvalue weighted by molar-refractivity contribution is 0.0685. The predicted octanol–water partition coefficient (Wildman–Crippen LogP) is 3.39. The van der Waals surface area contributed by atoms with Gasteiger partial charge >= 0.3 is 11.9 Å². The molecule has 0 spiro atoms. The normalized spacial score (nSPS) is 10.6. The minimum atomic E-state index is -1.33. The largest absolute Gasteiger partial charge is 0.477 e. The summed E-state index contributed by atoms with van der Waals surface area (Å²) < 4.78 is 1.32. The van der Waals surface area contributed by atoms with Crippen molar-refractivity contribution in [2.45, 2.75) is 0 Å². The van der Waals surface area contributed by atoms with E-state index < -0.39 is 11.9 Å². The Morgan fingerprint density at radius 3 is 1.90 bits per heavy atom. The highest BCUT2D eigenvalue weighted by molar-refractivity contribution is 5.91. The molecule has 0 atom stereocenters. The first-order chi connectivity index (χ1) is 14.0. The van der Waals surface area contributed by atoms with Gasteiger partial charge in [-0.3, -0.25) is 0 Å². The van der Waals surface area contributed by atoms with Crippen LogP contribution >= 0.6 is 0 Å². The number of benzene rings is 2. The maximum absolute atomic E-state index is 11.2. The Morgan fingerprint density at radius 2 is 1.31 bits per heavy atom. The molecule has 0 aliphatic carbocycles. The van der Waals surface area contributed by atoms with E-state index in [4.69, 9.17) is 10.2 Å². The summed E-state index contributed by atoms with van der Waals surface area (Å²) in [5.41, 5.74) is 3.02. The van der Waals surface area contributed by atoms with Crippen molar-refractivity contribution in [3.63, 3.8) is 0 Å². The van der Waals surface area contributed by atoms with Crippen LogP contribution in [-0.2, 0) is 0 Å². The maximum Gasteiger partial charge on any atom is 0.354 e. The molecule has 0 bridgehead atoms. The predicted molar refractivity (Wildman–Crippen MR) is 104 cm³/mol. The molecule has 2 aromatic carbocycles. The molecule has 4 rings (SSSR count). The van der Waals surface area contributed by atoms with E-state index in [1.165, 1.54) is 16.8 Å². The second-order valence-electron chi connectivity index (χ2n) is 6.20. The lowest BCUT2D eigenvalue weighted by Gasteiger charge is -2.04. The van der Waals surface area contributed by atoms with Gasteiger partial charge in [0, 0.05) is 5.56 Å². The topological polar surface area (TPSA) is 118 Å². The van der Waals surface area contributed by atoms with Crippen molar-refractivity contribution >= 4 is 11.9 Å². The number of pyridine rings is 1. The number of rotatable bonds is 5. The lowest BCUT2D eigenvalue weighted by Crippen LogP contribution is -2.10. The van der Waals surface area contributed by atoms with Crippen molar-refractivity contribution in [1.29, 1.82) is 0 Å². The fourth-order valence-electron chi connectivity index (χ4n) is 2.85. The lowest BCUT2D eigenvalue weighted by atomic mass is 10.0. The first-order valence-corrected chi connectivity index (χ1v) is 8.58. The van der Waals surface area contributed by atoms with Crippen molar-refractivity contribution in [2.75, 3.05) is 0 Å². The number of hydrogen-bond donors (Lipinski definition) is 2. The fraction of sp³-hybridized carbons (Fsp3) is 0. The number of nitrogens with zero attached hydrogens (tertiary/aromatic N) is 4. The van der Waals surface area contributed by atoms with Crippen molar-refractivity contribution in [2.24, 2.45) is 0 Å². The van der Waals surface area contributed by atoms with Gasteiger partial charge in [-0.1, -0.05) is 59.8 Å². The molecule has 8 nitrogen and oxygen atoms in total. The second kappa shape index (κ2) is 7.35. The minimum absolute atomic E-state index is 0.245. The van der Waals surface area contributed by atoms with Gasteiger partial charge in [0.1, 0.15) is 5.69 Å². The number of carboxylic acid groups (broad SMARTS) is 2. The highest BCUT2D eigenvalue weighted by Crippen LogP contribution is 2.24. The molecule has 29 heavy (non-hydrogen) atoms. The Bertz CT molecular complexity index is 1170. The molecule has 4 aromatic rings. The standard InChI is InChI=1S/C21H14N4O4/c26-20(27)17-10-16(11-18(22-17)21(28)29)25-12-19(23-24-25)15-8-6-14(7-9-15)13-4-2-1-3-5-13/h1-12H,(H,26,27)(H,28,29). The van der Waals surface area contributed by atoms with Gasteiger partial charge in [0.15, 0.2) is 11.4 Å². The zero-order chi connectivity index (χ0) is 20.4. The van der Waals surface area contributed by atoms with Crippen LogP contribution in [0.25, 0.3) is 28.1 Å². The molecule has 0 saturated carbocycles. The number of carboxylic acids is 2. The highest BCUT2D eigenvalue weighted by atomic mass is 16.4. The molecule has 142 valence electrons. The van der Waals surface area contributed by atoms with Gasteiger partial charge < -0.3 is 10.2 Å². The fourth-order valence-corrected chi connectivity index (χ4v) is 2.85. The van der Waals surface area contributed by atoms with Gasteiger partial charge in [0.2, 0.25) is 0 Å². The minimum Gasteiger partial charge on any atom is -0.477 e. The molecule has 2 heterocycles.